The minimum Gasteiger partial charge on any atom is -0.492 e. The molecule has 0 saturated carbocycles. The van der Waals surface area contributed by atoms with Gasteiger partial charge in [-0.15, -0.1) is 0 Å². The minimum absolute atomic E-state index is 0.140. The van der Waals surface area contributed by atoms with Gasteiger partial charge in [0, 0.05) is 30.4 Å². The Kier molecular flexibility index (Phi) is 7.49. The standard InChI is InChI=1S/C23H30ClN3O4/c1-23(2,3)31-22(29)26-14-10-18(11-15-26)27-13-4-5-20(27)21(28)25-12-16-30-19-8-6-17(24)7-9-19/h4-9,13,18H,10-12,14-16H2,1-3H3,(H,25,28). The molecule has 0 bridgehead atoms. The van der Waals surface area contributed by atoms with Crippen LogP contribution in [0.25, 0.3) is 0 Å². The molecule has 1 saturated heterocycles. The number of hydrogen-bond acceptors (Lipinski definition) is 4. The highest BCUT2D eigenvalue weighted by molar-refractivity contribution is 6.30. The second kappa shape index (κ2) is 10.1. The molecular formula is C23H30ClN3O4. The first-order valence-electron chi connectivity index (χ1n) is 10.5. The van der Waals surface area contributed by atoms with Gasteiger partial charge in [0.15, 0.2) is 0 Å². The number of piperidine rings is 1. The molecule has 2 aromatic rings. The van der Waals surface area contributed by atoms with Gasteiger partial charge in [-0.05, 0) is 70.0 Å². The number of benzene rings is 1. The maximum atomic E-state index is 12.7. The Bertz CT molecular complexity index is 881. The van der Waals surface area contributed by atoms with Gasteiger partial charge >= 0.3 is 6.09 Å². The number of likely N-dealkylation sites (tertiary alicyclic amines) is 1. The Morgan fingerprint density at radius 2 is 1.81 bits per heavy atom. The van der Waals surface area contributed by atoms with Crippen LogP contribution in [0.2, 0.25) is 5.02 Å². The van der Waals surface area contributed by atoms with Crippen molar-refractivity contribution in [3.63, 3.8) is 0 Å². The molecule has 31 heavy (non-hydrogen) atoms. The molecule has 0 spiro atoms. The van der Waals surface area contributed by atoms with Gasteiger partial charge in [0.2, 0.25) is 0 Å². The molecule has 2 heterocycles. The average Bonchev–Trinajstić information content (AvgIpc) is 3.21. The van der Waals surface area contributed by atoms with Crippen LogP contribution in [0.15, 0.2) is 42.6 Å². The number of aromatic nitrogens is 1. The van der Waals surface area contributed by atoms with Crippen molar-refractivity contribution in [2.45, 2.75) is 45.3 Å². The fraction of sp³-hybridized carbons (Fsp3) is 0.478. The number of carbonyl (C=O) groups is 2. The quantitative estimate of drug-likeness (QED) is 0.660. The number of rotatable bonds is 6. The summed E-state index contributed by atoms with van der Waals surface area (Å²) in [6.45, 7) is 7.56. The lowest BCUT2D eigenvalue weighted by Gasteiger charge is -2.34. The van der Waals surface area contributed by atoms with Gasteiger partial charge in [0.05, 0.1) is 6.54 Å². The van der Waals surface area contributed by atoms with E-state index < -0.39 is 5.60 Å². The minimum atomic E-state index is -0.503. The van der Waals surface area contributed by atoms with Crippen LogP contribution in [0.1, 0.15) is 50.1 Å². The molecule has 1 N–H and O–H groups in total. The highest BCUT2D eigenvalue weighted by Gasteiger charge is 2.28. The second-order valence-electron chi connectivity index (χ2n) is 8.56. The predicted octanol–water partition coefficient (Wildman–Crippen LogP) is 4.52. The van der Waals surface area contributed by atoms with Crippen LogP contribution in [0.3, 0.4) is 0 Å². The van der Waals surface area contributed by atoms with Crippen LogP contribution in [-0.4, -0.2) is 53.3 Å². The lowest BCUT2D eigenvalue weighted by molar-refractivity contribution is 0.0187. The van der Waals surface area contributed by atoms with Gasteiger partial charge < -0.3 is 24.3 Å². The van der Waals surface area contributed by atoms with Gasteiger partial charge in [0.1, 0.15) is 23.7 Å². The van der Waals surface area contributed by atoms with Crippen LogP contribution < -0.4 is 10.1 Å². The molecule has 1 aromatic carbocycles. The van der Waals surface area contributed by atoms with Gasteiger partial charge in [-0.3, -0.25) is 4.79 Å². The zero-order valence-corrected chi connectivity index (χ0v) is 19.0. The SMILES string of the molecule is CC(C)(C)OC(=O)N1CCC(n2cccc2C(=O)NCCOc2ccc(Cl)cc2)CC1. The van der Waals surface area contributed by atoms with E-state index in [1.165, 1.54) is 0 Å². The molecule has 8 heteroatoms. The zero-order chi connectivity index (χ0) is 22.4. The number of hydrogen-bond donors (Lipinski definition) is 1. The highest BCUT2D eigenvalue weighted by atomic mass is 35.5. The molecular weight excluding hydrogens is 418 g/mol. The van der Waals surface area contributed by atoms with E-state index in [1.807, 2.05) is 43.7 Å². The molecule has 0 unspecified atom stereocenters. The lowest BCUT2D eigenvalue weighted by atomic mass is 10.0. The van der Waals surface area contributed by atoms with Crippen LogP contribution in [0, 0.1) is 0 Å². The molecule has 1 aromatic heterocycles. The lowest BCUT2D eigenvalue weighted by Crippen LogP contribution is -2.42. The van der Waals surface area contributed by atoms with E-state index in [1.54, 1.807) is 29.2 Å². The molecule has 1 aliphatic rings. The van der Waals surface area contributed by atoms with Crippen molar-refractivity contribution in [3.05, 3.63) is 53.3 Å². The summed E-state index contributed by atoms with van der Waals surface area (Å²) in [6.07, 6.45) is 3.19. The van der Waals surface area contributed by atoms with Crippen molar-refractivity contribution in [3.8, 4) is 5.75 Å². The molecule has 1 fully saturated rings. The summed E-state index contributed by atoms with van der Waals surface area (Å²) in [7, 11) is 0. The van der Waals surface area contributed by atoms with Crippen molar-refractivity contribution in [1.82, 2.24) is 14.8 Å². The van der Waals surface area contributed by atoms with Crippen LogP contribution >= 0.6 is 11.6 Å². The first kappa shape index (κ1) is 23.0. The molecule has 1 aliphatic heterocycles. The van der Waals surface area contributed by atoms with E-state index >= 15 is 0 Å². The topological polar surface area (TPSA) is 72.8 Å². The normalized spacial score (nSPS) is 14.9. The molecule has 0 radical (unpaired) electrons. The summed E-state index contributed by atoms with van der Waals surface area (Å²) >= 11 is 5.86. The van der Waals surface area contributed by atoms with Crippen LogP contribution in [0.5, 0.6) is 5.75 Å². The zero-order valence-electron chi connectivity index (χ0n) is 18.3. The second-order valence-corrected chi connectivity index (χ2v) is 8.99. The van der Waals surface area contributed by atoms with Crippen molar-refractivity contribution >= 4 is 23.6 Å². The average molecular weight is 448 g/mol. The number of ether oxygens (including phenoxy) is 2. The van der Waals surface area contributed by atoms with Gasteiger partial charge in [0.25, 0.3) is 5.91 Å². The van der Waals surface area contributed by atoms with Crippen molar-refractivity contribution in [1.29, 1.82) is 0 Å². The molecule has 3 rings (SSSR count). The summed E-state index contributed by atoms with van der Waals surface area (Å²) in [5.74, 6) is 0.568. The van der Waals surface area contributed by atoms with Gasteiger partial charge in [-0.25, -0.2) is 4.79 Å². The van der Waals surface area contributed by atoms with E-state index in [9.17, 15) is 9.59 Å². The predicted molar refractivity (Wildman–Crippen MR) is 120 cm³/mol. The van der Waals surface area contributed by atoms with E-state index in [2.05, 4.69) is 5.32 Å². The number of nitrogens with one attached hydrogen (secondary N) is 1. The smallest absolute Gasteiger partial charge is 0.410 e. The third-order valence-electron chi connectivity index (χ3n) is 4.99. The van der Waals surface area contributed by atoms with E-state index in [0.29, 0.717) is 42.7 Å². The van der Waals surface area contributed by atoms with E-state index in [-0.39, 0.29) is 18.0 Å². The first-order valence-corrected chi connectivity index (χ1v) is 10.9. The molecule has 0 atom stereocenters. The van der Waals surface area contributed by atoms with Crippen LogP contribution in [-0.2, 0) is 4.74 Å². The number of nitrogens with zero attached hydrogens (tertiary/aromatic N) is 2. The summed E-state index contributed by atoms with van der Waals surface area (Å²) in [5, 5.41) is 3.55. The summed E-state index contributed by atoms with van der Waals surface area (Å²) in [4.78, 5) is 26.7. The summed E-state index contributed by atoms with van der Waals surface area (Å²) in [5.41, 5.74) is 0.110. The number of amides is 2. The Morgan fingerprint density at radius 3 is 2.45 bits per heavy atom. The van der Waals surface area contributed by atoms with Gasteiger partial charge in [-0.1, -0.05) is 11.6 Å². The molecule has 0 aliphatic carbocycles. The Morgan fingerprint density at radius 1 is 1.13 bits per heavy atom. The maximum Gasteiger partial charge on any atom is 0.410 e. The van der Waals surface area contributed by atoms with Gasteiger partial charge in [-0.2, -0.15) is 0 Å². The van der Waals surface area contributed by atoms with Crippen molar-refractivity contribution < 1.29 is 19.1 Å². The Balaban J connectivity index is 1.47. The molecule has 7 nitrogen and oxygen atoms in total. The fourth-order valence-electron chi connectivity index (χ4n) is 3.51. The van der Waals surface area contributed by atoms with Crippen molar-refractivity contribution in [2.75, 3.05) is 26.2 Å². The third kappa shape index (κ3) is 6.66. The largest absolute Gasteiger partial charge is 0.492 e. The Hall–Kier alpha value is -2.67. The number of halogens is 1. The monoisotopic (exact) mass is 447 g/mol. The molecule has 2 amide bonds. The molecule has 168 valence electrons. The number of carbonyl (C=O) groups excluding carboxylic acids is 2. The van der Waals surface area contributed by atoms with E-state index in [0.717, 1.165) is 12.8 Å². The van der Waals surface area contributed by atoms with E-state index in [4.69, 9.17) is 21.1 Å². The first-order chi connectivity index (χ1) is 14.7. The maximum absolute atomic E-state index is 12.7. The Labute approximate surface area is 188 Å². The van der Waals surface area contributed by atoms with Crippen LogP contribution in [0.4, 0.5) is 4.79 Å². The van der Waals surface area contributed by atoms with Crippen molar-refractivity contribution in [2.24, 2.45) is 0 Å². The summed E-state index contributed by atoms with van der Waals surface area (Å²) in [6, 6.07) is 11.0. The fourth-order valence-corrected chi connectivity index (χ4v) is 3.64. The highest BCUT2D eigenvalue weighted by Crippen LogP contribution is 2.25. The summed E-state index contributed by atoms with van der Waals surface area (Å²) < 4.78 is 13.1. The third-order valence-corrected chi connectivity index (χ3v) is 5.24.